The van der Waals surface area contributed by atoms with E-state index in [2.05, 4.69) is 53.0 Å². The van der Waals surface area contributed by atoms with Crippen molar-refractivity contribution >= 4 is 28.6 Å². The van der Waals surface area contributed by atoms with E-state index in [9.17, 15) is 0 Å². The maximum absolute atomic E-state index is 6.45. The van der Waals surface area contributed by atoms with E-state index in [1.54, 1.807) is 0 Å². The van der Waals surface area contributed by atoms with Crippen molar-refractivity contribution in [2.45, 2.75) is 31.8 Å². The molecule has 1 aliphatic carbocycles. The number of hydrogen-bond acceptors (Lipinski definition) is 3. The number of nitrogens with zero attached hydrogens (tertiary/aromatic N) is 1. The maximum atomic E-state index is 6.45. The highest BCUT2D eigenvalue weighted by Crippen LogP contribution is 2.27. The van der Waals surface area contributed by atoms with Crippen molar-refractivity contribution in [3.63, 3.8) is 0 Å². The number of rotatable bonds is 7. The summed E-state index contributed by atoms with van der Waals surface area (Å²) in [6.45, 7) is 1.91. The third-order valence-corrected chi connectivity index (χ3v) is 5.11. The molecule has 0 bridgehead atoms. The van der Waals surface area contributed by atoms with Crippen molar-refractivity contribution in [3.05, 3.63) is 51.2 Å². The zero-order valence-electron chi connectivity index (χ0n) is 12.3. The molecule has 1 aromatic carbocycles. The average Bonchev–Trinajstić information content (AvgIpc) is 3.16. The topological polar surface area (TPSA) is 15.3 Å². The van der Waals surface area contributed by atoms with E-state index >= 15 is 0 Å². The molecule has 0 atom stereocenters. The molecule has 0 spiro atoms. The summed E-state index contributed by atoms with van der Waals surface area (Å²) in [5.41, 5.74) is 2.38. The molecule has 0 amide bonds. The normalized spacial score (nSPS) is 14.4. The molecular formula is C17H21ClN2S. The summed E-state index contributed by atoms with van der Waals surface area (Å²) < 4.78 is 0. The standard InChI is InChI=1S/C17H21ClN2S/c1-20(9-8-15-3-2-10-21-15)17-7-4-13(11-16(17)18)12-19-14-5-6-14/h2-4,7,10-11,14,19H,5-6,8-9,12H2,1H3. The van der Waals surface area contributed by atoms with Crippen LogP contribution in [0.3, 0.4) is 0 Å². The van der Waals surface area contributed by atoms with Gasteiger partial charge in [-0.15, -0.1) is 11.3 Å². The highest BCUT2D eigenvalue weighted by molar-refractivity contribution is 7.09. The summed E-state index contributed by atoms with van der Waals surface area (Å²) in [4.78, 5) is 3.66. The molecule has 0 saturated heterocycles. The van der Waals surface area contributed by atoms with E-state index in [0.717, 1.165) is 36.3 Å². The van der Waals surface area contributed by atoms with Crippen molar-refractivity contribution in [1.29, 1.82) is 0 Å². The van der Waals surface area contributed by atoms with E-state index in [1.807, 2.05) is 11.3 Å². The lowest BCUT2D eigenvalue weighted by atomic mass is 10.2. The van der Waals surface area contributed by atoms with Gasteiger partial charge in [-0.25, -0.2) is 0 Å². The van der Waals surface area contributed by atoms with E-state index in [1.165, 1.54) is 23.3 Å². The first-order valence-electron chi connectivity index (χ1n) is 7.48. The van der Waals surface area contributed by atoms with Crippen LogP contribution in [0.5, 0.6) is 0 Å². The van der Waals surface area contributed by atoms with Crippen molar-refractivity contribution in [2.75, 3.05) is 18.5 Å². The maximum Gasteiger partial charge on any atom is 0.0642 e. The lowest BCUT2D eigenvalue weighted by Gasteiger charge is -2.21. The molecule has 1 fully saturated rings. The van der Waals surface area contributed by atoms with Gasteiger partial charge in [0.2, 0.25) is 0 Å². The molecule has 2 nitrogen and oxygen atoms in total. The third-order valence-electron chi connectivity index (χ3n) is 3.87. The van der Waals surface area contributed by atoms with E-state index in [4.69, 9.17) is 11.6 Å². The predicted molar refractivity (Wildman–Crippen MR) is 92.6 cm³/mol. The molecule has 1 saturated carbocycles. The molecule has 1 heterocycles. The van der Waals surface area contributed by atoms with Gasteiger partial charge in [0.15, 0.2) is 0 Å². The fourth-order valence-corrected chi connectivity index (χ4v) is 3.42. The lowest BCUT2D eigenvalue weighted by molar-refractivity contribution is 0.688. The Kier molecular flexibility index (Phi) is 4.84. The van der Waals surface area contributed by atoms with Gasteiger partial charge in [0.1, 0.15) is 0 Å². The van der Waals surface area contributed by atoms with Crippen LogP contribution in [0.1, 0.15) is 23.3 Å². The van der Waals surface area contributed by atoms with E-state index in [0.29, 0.717) is 0 Å². The van der Waals surface area contributed by atoms with Gasteiger partial charge >= 0.3 is 0 Å². The summed E-state index contributed by atoms with van der Waals surface area (Å²) in [6.07, 6.45) is 3.70. The molecule has 21 heavy (non-hydrogen) atoms. The van der Waals surface area contributed by atoms with Crippen molar-refractivity contribution in [3.8, 4) is 0 Å². The first-order valence-corrected chi connectivity index (χ1v) is 8.73. The zero-order valence-corrected chi connectivity index (χ0v) is 13.9. The summed E-state index contributed by atoms with van der Waals surface area (Å²) >= 11 is 8.26. The highest BCUT2D eigenvalue weighted by Gasteiger charge is 2.20. The highest BCUT2D eigenvalue weighted by atomic mass is 35.5. The number of anilines is 1. The molecule has 1 aromatic heterocycles. The summed E-state index contributed by atoms with van der Waals surface area (Å²) in [5, 5.41) is 6.50. The molecule has 1 N–H and O–H groups in total. The van der Waals surface area contributed by atoms with Crippen LogP contribution in [0.15, 0.2) is 35.7 Å². The number of nitrogens with one attached hydrogen (secondary N) is 1. The summed E-state index contributed by atoms with van der Waals surface area (Å²) in [6, 6.07) is 11.4. The van der Waals surface area contributed by atoms with Crippen LogP contribution >= 0.6 is 22.9 Å². The van der Waals surface area contributed by atoms with Crippen molar-refractivity contribution < 1.29 is 0 Å². The molecule has 0 radical (unpaired) electrons. The summed E-state index contributed by atoms with van der Waals surface area (Å²) in [7, 11) is 2.11. The van der Waals surface area contributed by atoms with Crippen molar-refractivity contribution in [1.82, 2.24) is 5.32 Å². The predicted octanol–water partition coefficient (Wildman–Crippen LogP) is 4.33. The van der Waals surface area contributed by atoms with Gasteiger partial charge in [-0.2, -0.15) is 0 Å². The Labute approximate surface area is 135 Å². The molecular weight excluding hydrogens is 300 g/mol. The second-order valence-corrected chi connectivity index (χ2v) is 7.13. The van der Waals surface area contributed by atoms with Gasteiger partial charge in [-0.3, -0.25) is 0 Å². The minimum atomic E-state index is 0.733. The van der Waals surface area contributed by atoms with Crippen LogP contribution < -0.4 is 10.2 Å². The second-order valence-electron chi connectivity index (χ2n) is 5.69. The first kappa shape index (κ1) is 14.9. The Balaban J connectivity index is 1.58. The number of likely N-dealkylation sites (N-methyl/N-ethyl adjacent to an activating group) is 1. The Bertz CT molecular complexity index is 578. The monoisotopic (exact) mass is 320 g/mol. The quantitative estimate of drug-likeness (QED) is 0.816. The fourth-order valence-electron chi connectivity index (χ4n) is 2.37. The Morgan fingerprint density at radius 1 is 1.33 bits per heavy atom. The summed E-state index contributed by atoms with van der Waals surface area (Å²) in [5.74, 6) is 0. The smallest absolute Gasteiger partial charge is 0.0642 e. The van der Waals surface area contributed by atoms with E-state index < -0.39 is 0 Å². The average molecular weight is 321 g/mol. The van der Waals surface area contributed by atoms with Gasteiger partial charge in [0.05, 0.1) is 10.7 Å². The van der Waals surface area contributed by atoms with Crippen LogP contribution in [0, 0.1) is 0 Å². The SMILES string of the molecule is CN(CCc1cccs1)c1ccc(CNC2CC2)cc1Cl. The number of thiophene rings is 1. The molecule has 1 aliphatic rings. The fraction of sp³-hybridized carbons (Fsp3) is 0.412. The molecule has 0 unspecified atom stereocenters. The Morgan fingerprint density at radius 3 is 2.86 bits per heavy atom. The van der Waals surface area contributed by atoms with Gasteiger partial charge < -0.3 is 10.2 Å². The van der Waals surface area contributed by atoms with Gasteiger partial charge in [0, 0.05) is 31.1 Å². The van der Waals surface area contributed by atoms with Gasteiger partial charge in [-0.05, 0) is 48.4 Å². The van der Waals surface area contributed by atoms with Crippen molar-refractivity contribution in [2.24, 2.45) is 0 Å². The largest absolute Gasteiger partial charge is 0.373 e. The lowest BCUT2D eigenvalue weighted by Crippen LogP contribution is -2.20. The third kappa shape index (κ3) is 4.22. The zero-order chi connectivity index (χ0) is 14.7. The van der Waals surface area contributed by atoms with E-state index in [-0.39, 0.29) is 0 Å². The minimum absolute atomic E-state index is 0.733. The minimum Gasteiger partial charge on any atom is -0.373 e. The van der Waals surface area contributed by atoms with Crippen LogP contribution in [0.25, 0.3) is 0 Å². The second kappa shape index (κ2) is 6.82. The van der Waals surface area contributed by atoms with Crippen LogP contribution in [0.4, 0.5) is 5.69 Å². The molecule has 2 aromatic rings. The van der Waals surface area contributed by atoms with Crippen LogP contribution in [-0.4, -0.2) is 19.6 Å². The molecule has 4 heteroatoms. The molecule has 112 valence electrons. The number of halogens is 1. The van der Waals surface area contributed by atoms with Gasteiger partial charge in [0.25, 0.3) is 0 Å². The molecule has 0 aliphatic heterocycles. The first-order chi connectivity index (χ1) is 10.2. The Morgan fingerprint density at radius 2 is 2.19 bits per heavy atom. The van der Waals surface area contributed by atoms with Crippen LogP contribution in [0.2, 0.25) is 5.02 Å². The number of benzene rings is 1. The number of hydrogen-bond donors (Lipinski definition) is 1. The van der Waals surface area contributed by atoms with Gasteiger partial charge in [-0.1, -0.05) is 23.7 Å². The molecule has 3 rings (SSSR count). The van der Waals surface area contributed by atoms with Crippen LogP contribution in [-0.2, 0) is 13.0 Å². The Hall–Kier alpha value is -1.03.